The Balaban J connectivity index is 0.00000392. The highest BCUT2D eigenvalue weighted by atomic mass is 127. The zero-order valence-corrected chi connectivity index (χ0v) is 20.3. The number of nitrogens with zero attached hydrogens (tertiary/aromatic N) is 2. The first-order chi connectivity index (χ1) is 13.0. The van der Waals surface area contributed by atoms with Gasteiger partial charge in [0.15, 0.2) is 5.96 Å². The van der Waals surface area contributed by atoms with E-state index >= 15 is 0 Å². The molecule has 0 radical (unpaired) electrons. The van der Waals surface area contributed by atoms with Crippen LogP contribution in [0.5, 0.6) is 5.75 Å². The maximum atomic E-state index is 5.48. The van der Waals surface area contributed by atoms with Crippen molar-refractivity contribution >= 4 is 29.9 Å². The first kappa shape index (κ1) is 25.0. The zero-order chi connectivity index (χ0) is 19.7. The Morgan fingerprint density at radius 1 is 1.11 bits per heavy atom. The Morgan fingerprint density at radius 2 is 1.75 bits per heavy atom. The third-order valence-corrected chi connectivity index (χ3v) is 5.25. The second-order valence-corrected chi connectivity index (χ2v) is 7.66. The van der Waals surface area contributed by atoms with Gasteiger partial charge < -0.3 is 20.1 Å². The van der Waals surface area contributed by atoms with Gasteiger partial charge >= 0.3 is 0 Å². The Kier molecular flexibility index (Phi) is 11.1. The van der Waals surface area contributed by atoms with Crippen molar-refractivity contribution in [1.82, 2.24) is 15.5 Å². The summed E-state index contributed by atoms with van der Waals surface area (Å²) in [5.74, 6) is 1.69. The summed E-state index contributed by atoms with van der Waals surface area (Å²) < 4.78 is 10.8. The maximum absolute atomic E-state index is 5.48. The first-order valence-corrected chi connectivity index (χ1v) is 9.87. The van der Waals surface area contributed by atoms with Crippen LogP contribution in [0.3, 0.4) is 0 Å². The van der Waals surface area contributed by atoms with Crippen LogP contribution in [0.2, 0.25) is 0 Å². The molecule has 1 atom stereocenters. The van der Waals surface area contributed by atoms with E-state index < -0.39 is 0 Å². The van der Waals surface area contributed by atoms with E-state index in [1.807, 2.05) is 12.1 Å². The summed E-state index contributed by atoms with van der Waals surface area (Å²) in [4.78, 5) is 6.94. The van der Waals surface area contributed by atoms with E-state index in [-0.39, 0.29) is 29.6 Å². The first-order valence-electron chi connectivity index (χ1n) is 9.87. The molecule has 0 spiro atoms. The van der Waals surface area contributed by atoms with Crippen LogP contribution >= 0.6 is 24.0 Å². The molecule has 1 saturated heterocycles. The number of halogens is 1. The van der Waals surface area contributed by atoms with Crippen LogP contribution in [0, 0.1) is 0 Å². The van der Waals surface area contributed by atoms with E-state index in [2.05, 4.69) is 46.5 Å². The van der Waals surface area contributed by atoms with Gasteiger partial charge in [0.05, 0.1) is 18.8 Å². The molecule has 7 heteroatoms. The molecule has 2 rings (SSSR count). The number of likely N-dealkylation sites (tertiary alicyclic amines) is 1. The number of hydrogen-bond acceptors (Lipinski definition) is 4. The van der Waals surface area contributed by atoms with Crippen molar-refractivity contribution < 1.29 is 9.47 Å². The molecule has 1 aromatic rings. The molecule has 1 unspecified atom stereocenters. The third kappa shape index (κ3) is 7.75. The van der Waals surface area contributed by atoms with Gasteiger partial charge in [0.25, 0.3) is 0 Å². The van der Waals surface area contributed by atoms with Crippen molar-refractivity contribution in [2.75, 3.05) is 47.4 Å². The van der Waals surface area contributed by atoms with Crippen molar-refractivity contribution in [2.24, 2.45) is 4.99 Å². The average molecular weight is 504 g/mol. The van der Waals surface area contributed by atoms with Crippen molar-refractivity contribution in [3.8, 4) is 5.75 Å². The van der Waals surface area contributed by atoms with Gasteiger partial charge in [-0.2, -0.15) is 0 Å². The second-order valence-electron chi connectivity index (χ2n) is 7.66. The normalized spacial score (nSPS) is 16.8. The van der Waals surface area contributed by atoms with Gasteiger partial charge in [-0.15, -0.1) is 24.0 Å². The molecule has 28 heavy (non-hydrogen) atoms. The van der Waals surface area contributed by atoms with E-state index in [1.54, 1.807) is 21.3 Å². The van der Waals surface area contributed by atoms with Crippen LogP contribution < -0.4 is 15.4 Å². The minimum absolute atomic E-state index is 0. The standard InChI is InChI=1S/C21H36N4O2.HI/c1-21(2,27-5)16-24-20(22-3)23-15-19(25-13-7-6-8-14-25)17-9-11-18(26-4)12-10-17;/h9-12,19H,6-8,13-16H2,1-5H3,(H2,22,23,24);1H. The van der Waals surface area contributed by atoms with Crippen molar-refractivity contribution in [2.45, 2.75) is 44.8 Å². The predicted octanol–water partition coefficient (Wildman–Crippen LogP) is 3.43. The average Bonchev–Trinajstić information content (AvgIpc) is 2.71. The highest BCUT2D eigenvalue weighted by Crippen LogP contribution is 2.25. The van der Waals surface area contributed by atoms with Gasteiger partial charge in [0.2, 0.25) is 0 Å². The lowest BCUT2D eigenvalue weighted by atomic mass is 10.0. The molecule has 2 N–H and O–H groups in total. The fourth-order valence-electron chi connectivity index (χ4n) is 3.30. The lowest BCUT2D eigenvalue weighted by molar-refractivity contribution is 0.0268. The summed E-state index contributed by atoms with van der Waals surface area (Å²) in [6, 6.07) is 8.74. The number of rotatable bonds is 8. The molecule has 1 aliphatic heterocycles. The Hall–Kier alpha value is -1.06. The van der Waals surface area contributed by atoms with E-state index in [1.165, 1.54) is 24.8 Å². The smallest absolute Gasteiger partial charge is 0.191 e. The number of methoxy groups -OCH3 is 2. The lowest BCUT2D eigenvalue weighted by Crippen LogP contribution is -2.48. The van der Waals surface area contributed by atoms with Crippen LogP contribution in [-0.4, -0.2) is 63.9 Å². The number of hydrogen-bond donors (Lipinski definition) is 2. The fraction of sp³-hybridized carbons (Fsp3) is 0.667. The molecule has 0 aliphatic carbocycles. The number of piperidine rings is 1. The zero-order valence-electron chi connectivity index (χ0n) is 18.0. The number of nitrogens with one attached hydrogen (secondary N) is 2. The van der Waals surface area contributed by atoms with Crippen molar-refractivity contribution in [1.29, 1.82) is 0 Å². The third-order valence-electron chi connectivity index (χ3n) is 5.25. The van der Waals surface area contributed by atoms with E-state index in [4.69, 9.17) is 9.47 Å². The molecule has 160 valence electrons. The Bertz CT molecular complexity index is 587. The van der Waals surface area contributed by atoms with Crippen molar-refractivity contribution in [3.05, 3.63) is 29.8 Å². The molecule has 0 aromatic heterocycles. The van der Waals surface area contributed by atoms with Gasteiger partial charge in [0, 0.05) is 27.2 Å². The van der Waals surface area contributed by atoms with Crippen LogP contribution in [0.25, 0.3) is 0 Å². The molecule has 1 heterocycles. The van der Waals surface area contributed by atoms with Gasteiger partial charge in [-0.3, -0.25) is 9.89 Å². The summed E-state index contributed by atoms with van der Waals surface area (Å²) >= 11 is 0. The largest absolute Gasteiger partial charge is 0.497 e. The van der Waals surface area contributed by atoms with Crippen molar-refractivity contribution in [3.63, 3.8) is 0 Å². The minimum Gasteiger partial charge on any atom is -0.497 e. The second kappa shape index (κ2) is 12.5. The molecular weight excluding hydrogens is 467 g/mol. The fourth-order valence-corrected chi connectivity index (χ4v) is 3.30. The molecule has 1 aromatic carbocycles. The summed E-state index contributed by atoms with van der Waals surface area (Å²) in [5, 5.41) is 6.86. The SMILES string of the molecule is CN=C(NCC(c1ccc(OC)cc1)N1CCCCC1)NCC(C)(C)OC.I. The topological polar surface area (TPSA) is 58.1 Å². The van der Waals surface area contributed by atoms with E-state index in [0.29, 0.717) is 12.6 Å². The van der Waals surface area contributed by atoms with Crippen LogP contribution in [0.1, 0.15) is 44.7 Å². The minimum atomic E-state index is -0.236. The van der Waals surface area contributed by atoms with Gasteiger partial charge in [-0.05, 0) is 57.5 Å². The summed E-state index contributed by atoms with van der Waals surface area (Å²) in [6.07, 6.45) is 3.86. The van der Waals surface area contributed by atoms with Gasteiger partial charge in [-0.25, -0.2) is 0 Å². The number of ether oxygens (including phenoxy) is 2. The maximum Gasteiger partial charge on any atom is 0.191 e. The Labute approximate surface area is 187 Å². The molecule has 1 fully saturated rings. The van der Waals surface area contributed by atoms with E-state index in [0.717, 1.165) is 31.3 Å². The number of aliphatic imine (C=N–C) groups is 1. The number of benzene rings is 1. The van der Waals surface area contributed by atoms with Crippen LogP contribution in [0.15, 0.2) is 29.3 Å². The van der Waals surface area contributed by atoms with Gasteiger partial charge in [0.1, 0.15) is 5.75 Å². The molecular formula is C21H37IN4O2. The molecule has 0 saturated carbocycles. The highest BCUT2D eigenvalue weighted by Gasteiger charge is 2.23. The van der Waals surface area contributed by atoms with Gasteiger partial charge in [-0.1, -0.05) is 18.6 Å². The summed E-state index contributed by atoms with van der Waals surface area (Å²) in [5.41, 5.74) is 1.07. The lowest BCUT2D eigenvalue weighted by Gasteiger charge is -2.35. The summed E-state index contributed by atoms with van der Waals surface area (Å²) in [7, 11) is 5.24. The van der Waals surface area contributed by atoms with Crippen LogP contribution in [-0.2, 0) is 4.74 Å². The highest BCUT2D eigenvalue weighted by molar-refractivity contribution is 14.0. The predicted molar refractivity (Wildman–Crippen MR) is 127 cm³/mol. The molecule has 0 bridgehead atoms. The molecule has 6 nitrogen and oxygen atoms in total. The molecule has 0 amide bonds. The monoisotopic (exact) mass is 504 g/mol. The molecule has 1 aliphatic rings. The van der Waals surface area contributed by atoms with E-state index in [9.17, 15) is 0 Å². The van der Waals surface area contributed by atoms with Crippen LogP contribution in [0.4, 0.5) is 0 Å². The quantitative estimate of drug-likeness (QED) is 0.323. The Morgan fingerprint density at radius 3 is 2.29 bits per heavy atom. The number of guanidine groups is 1. The summed E-state index contributed by atoms with van der Waals surface area (Å²) in [6.45, 7) is 7.89.